The van der Waals surface area contributed by atoms with E-state index >= 15 is 0 Å². The zero-order chi connectivity index (χ0) is 46.5. The first-order valence-corrected chi connectivity index (χ1v) is 24.8. The minimum atomic E-state index is 0.895. The molecule has 0 saturated carbocycles. The smallest absolute Gasteiger partial charge is 0.0497 e. The van der Waals surface area contributed by atoms with E-state index < -0.39 is 0 Å². The van der Waals surface area contributed by atoms with Crippen molar-refractivity contribution < 1.29 is 0 Å². The van der Waals surface area contributed by atoms with Crippen LogP contribution in [0.25, 0.3) is 142 Å². The summed E-state index contributed by atoms with van der Waals surface area (Å²) < 4.78 is 4.95. The van der Waals surface area contributed by atoms with E-state index in [0.29, 0.717) is 0 Å². The van der Waals surface area contributed by atoms with Crippen molar-refractivity contribution in [2.24, 2.45) is 0 Å². The van der Waals surface area contributed by atoms with Crippen LogP contribution in [0.5, 0.6) is 0 Å². The second-order valence-corrected chi connectivity index (χ2v) is 18.8. The minimum Gasteiger partial charge on any atom is -0.341 e. The minimum absolute atomic E-state index is 0.895. The summed E-state index contributed by atoms with van der Waals surface area (Å²) in [6, 6.07) is 86.6. The Balaban J connectivity index is 1.14. The number of hydrogen-bond acceptors (Lipinski definition) is 0. The average molecular weight is 893 g/mol. The molecular formula is C68H48N2. The highest BCUT2D eigenvalue weighted by Crippen LogP contribution is 2.50. The first-order valence-electron chi connectivity index (χ1n) is 24.8. The molecule has 14 rings (SSSR count). The fourth-order valence-electron chi connectivity index (χ4n) is 12.2. The van der Waals surface area contributed by atoms with Crippen LogP contribution in [0.4, 0.5) is 0 Å². The Bertz CT molecular complexity index is 4140. The lowest BCUT2D eigenvalue weighted by atomic mass is 9.81. The van der Waals surface area contributed by atoms with Gasteiger partial charge in [0.2, 0.25) is 0 Å². The van der Waals surface area contributed by atoms with Gasteiger partial charge in [0.15, 0.2) is 0 Å². The molecule has 12 aromatic carbocycles. The lowest BCUT2D eigenvalue weighted by molar-refractivity contribution is 0.827. The molecule has 2 aromatic heterocycles. The van der Waals surface area contributed by atoms with Gasteiger partial charge in [-0.15, -0.1) is 0 Å². The van der Waals surface area contributed by atoms with Gasteiger partial charge in [-0.05, 0) is 149 Å². The number of nitrogens with zero attached hydrogens (tertiary/aromatic N) is 2. The molecular weight excluding hydrogens is 845 g/mol. The monoisotopic (exact) mass is 892 g/mol. The summed E-state index contributed by atoms with van der Waals surface area (Å²) in [5, 5.41) is 15.1. The van der Waals surface area contributed by atoms with Crippen LogP contribution in [-0.2, 0) is 13.1 Å². The van der Waals surface area contributed by atoms with Crippen molar-refractivity contribution in [1.82, 2.24) is 9.13 Å². The van der Waals surface area contributed by atoms with Gasteiger partial charge < -0.3 is 9.13 Å². The number of aromatic nitrogens is 2. The summed E-state index contributed by atoms with van der Waals surface area (Å²) in [6.07, 6.45) is 0. The Morgan fingerprint density at radius 1 is 0.229 bits per heavy atom. The number of fused-ring (bicyclic) bond motifs is 10. The SMILES string of the molecule is CCn1c2ccccc2c2ccc(-c3cccc4c(-c5c6cccc(-c7ccccc7)c6cc6c(-c7ccccc7)cccc56)c5cccc(-c6ccc7c8ccccc8n(CC)c7c6)c5cc34)cc21. The first kappa shape index (κ1) is 40.4. The Hall–Kier alpha value is -8.72. The number of benzene rings is 12. The van der Waals surface area contributed by atoms with Gasteiger partial charge in [-0.1, -0.05) is 194 Å². The molecule has 0 saturated heterocycles. The van der Waals surface area contributed by atoms with Gasteiger partial charge in [-0.3, -0.25) is 0 Å². The van der Waals surface area contributed by atoms with E-state index in [1.54, 1.807) is 0 Å². The van der Waals surface area contributed by atoms with Crippen LogP contribution in [0.2, 0.25) is 0 Å². The molecule has 0 aliphatic heterocycles. The second-order valence-electron chi connectivity index (χ2n) is 18.8. The molecule has 0 N–H and O–H groups in total. The number of hydrogen-bond donors (Lipinski definition) is 0. The third kappa shape index (κ3) is 5.99. The van der Waals surface area contributed by atoms with E-state index in [1.165, 1.54) is 142 Å². The lowest BCUT2D eigenvalue weighted by Crippen LogP contribution is -1.95. The molecule has 0 radical (unpaired) electrons. The van der Waals surface area contributed by atoms with E-state index in [0.717, 1.165) is 13.1 Å². The maximum Gasteiger partial charge on any atom is 0.0497 e. The van der Waals surface area contributed by atoms with Gasteiger partial charge in [-0.2, -0.15) is 0 Å². The Labute approximate surface area is 406 Å². The molecule has 14 aromatic rings. The molecule has 0 fully saturated rings. The zero-order valence-corrected chi connectivity index (χ0v) is 39.2. The number of aryl methyl sites for hydroxylation is 2. The largest absolute Gasteiger partial charge is 0.341 e. The molecule has 330 valence electrons. The van der Waals surface area contributed by atoms with Crippen LogP contribution in [0.1, 0.15) is 13.8 Å². The van der Waals surface area contributed by atoms with Gasteiger partial charge in [-0.25, -0.2) is 0 Å². The van der Waals surface area contributed by atoms with Crippen LogP contribution in [0.3, 0.4) is 0 Å². The maximum absolute atomic E-state index is 2.51. The molecule has 2 heteroatoms. The van der Waals surface area contributed by atoms with E-state index in [9.17, 15) is 0 Å². The summed E-state index contributed by atoms with van der Waals surface area (Å²) >= 11 is 0. The van der Waals surface area contributed by atoms with Gasteiger partial charge in [0, 0.05) is 56.7 Å². The highest BCUT2D eigenvalue weighted by Gasteiger charge is 2.23. The predicted molar refractivity (Wildman–Crippen MR) is 301 cm³/mol. The average Bonchev–Trinajstić information content (AvgIpc) is 3.92. The van der Waals surface area contributed by atoms with Crippen molar-refractivity contribution in [2.75, 3.05) is 0 Å². The molecule has 0 aliphatic rings. The topological polar surface area (TPSA) is 9.86 Å². The van der Waals surface area contributed by atoms with Crippen molar-refractivity contribution in [1.29, 1.82) is 0 Å². The molecule has 0 bridgehead atoms. The van der Waals surface area contributed by atoms with Crippen LogP contribution >= 0.6 is 0 Å². The lowest BCUT2D eigenvalue weighted by Gasteiger charge is -2.22. The van der Waals surface area contributed by atoms with Gasteiger partial charge in [0.05, 0.1) is 0 Å². The molecule has 0 spiro atoms. The van der Waals surface area contributed by atoms with Gasteiger partial charge in [0.1, 0.15) is 0 Å². The van der Waals surface area contributed by atoms with Crippen molar-refractivity contribution >= 4 is 86.7 Å². The van der Waals surface area contributed by atoms with E-state index in [-0.39, 0.29) is 0 Å². The third-order valence-corrected chi connectivity index (χ3v) is 15.3. The summed E-state index contributed by atoms with van der Waals surface area (Å²) in [7, 11) is 0. The van der Waals surface area contributed by atoms with E-state index in [4.69, 9.17) is 0 Å². The van der Waals surface area contributed by atoms with Crippen LogP contribution in [0, 0.1) is 0 Å². The van der Waals surface area contributed by atoms with Crippen molar-refractivity contribution in [3.8, 4) is 55.6 Å². The first-order chi connectivity index (χ1) is 34.7. The molecule has 0 unspecified atom stereocenters. The molecule has 70 heavy (non-hydrogen) atoms. The molecule has 0 aliphatic carbocycles. The van der Waals surface area contributed by atoms with E-state index in [2.05, 4.69) is 254 Å². The summed E-state index contributed by atoms with van der Waals surface area (Å²) in [5.41, 5.74) is 17.4. The Morgan fingerprint density at radius 3 is 0.914 bits per heavy atom. The van der Waals surface area contributed by atoms with Gasteiger partial charge in [0.25, 0.3) is 0 Å². The van der Waals surface area contributed by atoms with Crippen molar-refractivity contribution in [2.45, 2.75) is 26.9 Å². The molecule has 0 atom stereocenters. The van der Waals surface area contributed by atoms with Crippen LogP contribution in [0.15, 0.2) is 231 Å². The molecule has 2 heterocycles. The standard InChI is InChI=1S/C68H48N2/c1-3-69-63-33-13-11-23-51(63)53-37-35-45(39-65(53)69)49-27-17-31-57-61(49)42-62-50(46-36-38-54-52-24-12-14-34-64(52)70(4-2)66(54)40-46)28-18-32-58(62)68(57)67-55-29-15-25-47(43-19-7-5-8-20-43)59(55)41-60-48(26-16-30-56(60)67)44-21-9-6-10-22-44/h5-42H,3-4H2,1-2H3. The molecule has 0 amide bonds. The second kappa shape index (κ2) is 15.9. The fourth-order valence-corrected chi connectivity index (χ4v) is 12.2. The van der Waals surface area contributed by atoms with Crippen LogP contribution < -0.4 is 0 Å². The molecule has 2 nitrogen and oxygen atoms in total. The summed E-state index contributed by atoms with van der Waals surface area (Å²) in [6.45, 7) is 6.31. The van der Waals surface area contributed by atoms with Crippen LogP contribution in [-0.4, -0.2) is 9.13 Å². The zero-order valence-electron chi connectivity index (χ0n) is 39.2. The normalized spacial score (nSPS) is 12.0. The highest BCUT2D eigenvalue weighted by molar-refractivity contribution is 6.28. The number of para-hydroxylation sites is 2. The Morgan fingerprint density at radius 2 is 0.543 bits per heavy atom. The third-order valence-electron chi connectivity index (χ3n) is 15.3. The van der Waals surface area contributed by atoms with Crippen molar-refractivity contribution in [3.63, 3.8) is 0 Å². The van der Waals surface area contributed by atoms with Gasteiger partial charge >= 0.3 is 0 Å². The fraction of sp³-hybridized carbons (Fsp3) is 0.0588. The highest BCUT2D eigenvalue weighted by atomic mass is 15.0. The Kier molecular flexibility index (Phi) is 9.19. The van der Waals surface area contributed by atoms with Crippen molar-refractivity contribution in [3.05, 3.63) is 231 Å². The number of rotatable bonds is 7. The maximum atomic E-state index is 2.51. The quantitative estimate of drug-likeness (QED) is 0.141. The predicted octanol–water partition coefficient (Wildman–Crippen LogP) is 18.9. The summed E-state index contributed by atoms with van der Waals surface area (Å²) in [5.74, 6) is 0. The summed E-state index contributed by atoms with van der Waals surface area (Å²) in [4.78, 5) is 0. The van der Waals surface area contributed by atoms with E-state index in [1.807, 2.05) is 0 Å².